The van der Waals surface area contributed by atoms with Gasteiger partial charge in [-0.2, -0.15) is 4.31 Å². The molecule has 2 aromatic carbocycles. The first-order chi connectivity index (χ1) is 14.3. The van der Waals surface area contributed by atoms with Crippen LogP contribution in [-0.2, 0) is 23.1 Å². The first-order valence-electron chi connectivity index (χ1n) is 9.23. The number of furan rings is 1. The lowest BCUT2D eigenvalue weighted by atomic mass is 10.1. The number of benzene rings is 2. The Morgan fingerprint density at radius 1 is 1.03 bits per heavy atom. The van der Waals surface area contributed by atoms with Crippen molar-refractivity contribution in [3.05, 3.63) is 100.0 Å². The lowest BCUT2D eigenvalue weighted by molar-refractivity contribution is 0.357. The van der Waals surface area contributed by atoms with Gasteiger partial charge in [0, 0.05) is 17.6 Å². The summed E-state index contributed by atoms with van der Waals surface area (Å²) in [6.45, 7) is 1.70. The first kappa shape index (κ1) is 20.1. The van der Waals surface area contributed by atoms with E-state index in [0.717, 1.165) is 27.4 Å². The van der Waals surface area contributed by atoms with Gasteiger partial charge in [-0.15, -0.1) is 0 Å². The largest absolute Gasteiger partial charge is 0.468 e. The number of halogens is 1. The normalized spacial score (nSPS) is 12.0. The van der Waals surface area contributed by atoms with Crippen molar-refractivity contribution in [1.82, 2.24) is 9.29 Å². The predicted octanol–water partition coefficient (Wildman–Crippen LogP) is 3.96. The molecular weight excluding hydrogens is 407 g/mol. The molecule has 0 aliphatic carbocycles. The molecule has 30 heavy (non-hydrogen) atoms. The molecule has 6 nitrogen and oxygen atoms in total. The van der Waals surface area contributed by atoms with Gasteiger partial charge in [-0.3, -0.25) is 4.79 Å². The number of sulfonamides is 1. The van der Waals surface area contributed by atoms with Crippen LogP contribution in [0, 0.1) is 12.7 Å². The Bertz CT molecular complexity index is 1340. The summed E-state index contributed by atoms with van der Waals surface area (Å²) in [5, 5.41) is 0.807. The van der Waals surface area contributed by atoms with E-state index in [2.05, 4.69) is 4.98 Å². The number of aryl methyl sites for hydroxylation is 1. The summed E-state index contributed by atoms with van der Waals surface area (Å²) in [4.78, 5) is 15.3. The third-order valence-electron chi connectivity index (χ3n) is 4.79. The van der Waals surface area contributed by atoms with Crippen LogP contribution < -0.4 is 5.56 Å². The average molecular weight is 426 g/mol. The number of aromatic nitrogens is 1. The fraction of sp³-hybridized carbons (Fsp3) is 0.136. The molecule has 0 radical (unpaired) electrons. The van der Waals surface area contributed by atoms with Crippen LogP contribution in [0.2, 0.25) is 0 Å². The van der Waals surface area contributed by atoms with E-state index >= 15 is 0 Å². The Kier molecular flexibility index (Phi) is 5.27. The van der Waals surface area contributed by atoms with Crippen molar-refractivity contribution in [1.29, 1.82) is 0 Å². The van der Waals surface area contributed by atoms with Gasteiger partial charge in [0.2, 0.25) is 10.0 Å². The van der Waals surface area contributed by atoms with Crippen molar-refractivity contribution in [3.63, 3.8) is 0 Å². The van der Waals surface area contributed by atoms with Crippen molar-refractivity contribution in [2.24, 2.45) is 0 Å². The van der Waals surface area contributed by atoms with Crippen molar-refractivity contribution in [2.75, 3.05) is 0 Å². The molecule has 1 N–H and O–H groups in total. The van der Waals surface area contributed by atoms with Crippen LogP contribution in [0.5, 0.6) is 0 Å². The minimum atomic E-state index is -4.02. The number of nitrogens with zero attached hydrogens (tertiary/aromatic N) is 1. The highest BCUT2D eigenvalue weighted by Gasteiger charge is 2.27. The van der Waals surface area contributed by atoms with Gasteiger partial charge in [0.25, 0.3) is 5.56 Å². The van der Waals surface area contributed by atoms with Crippen LogP contribution in [0.15, 0.2) is 81.0 Å². The highest BCUT2D eigenvalue weighted by molar-refractivity contribution is 7.89. The number of rotatable bonds is 6. The summed E-state index contributed by atoms with van der Waals surface area (Å²) in [5.74, 6) is -0.110. The molecule has 2 heterocycles. The zero-order valence-electron chi connectivity index (χ0n) is 16.1. The molecule has 0 unspecified atom stereocenters. The van der Waals surface area contributed by atoms with Gasteiger partial charge in [-0.25, -0.2) is 12.8 Å². The molecule has 0 spiro atoms. The van der Waals surface area contributed by atoms with Crippen LogP contribution >= 0.6 is 0 Å². The van der Waals surface area contributed by atoms with E-state index in [1.54, 1.807) is 18.2 Å². The van der Waals surface area contributed by atoms with Crippen molar-refractivity contribution in [2.45, 2.75) is 24.9 Å². The lowest BCUT2D eigenvalue weighted by Gasteiger charge is -2.21. The second kappa shape index (κ2) is 7.89. The standard InChI is InChI=1S/C22H19FN2O4S/c1-15-4-9-21-16(11-15)12-17(22(26)24-21)13-25(14-19-3-2-10-29-19)30(27,28)20-7-5-18(23)6-8-20/h2-12H,13-14H2,1H3,(H,24,26). The Morgan fingerprint density at radius 2 is 1.80 bits per heavy atom. The summed E-state index contributed by atoms with van der Waals surface area (Å²) in [5.41, 5.74) is 1.62. The number of nitrogens with one attached hydrogen (secondary N) is 1. The van der Waals surface area contributed by atoms with E-state index in [1.807, 2.05) is 25.1 Å². The van der Waals surface area contributed by atoms with Crippen LogP contribution in [0.1, 0.15) is 16.9 Å². The number of aromatic amines is 1. The smallest absolute Gasteiger partial charge is 0.252 e. The van der Waals surface area contributed by atoms with Gasteiger partial charge in [-0.1, -0.05) is 11.6 Å². The number of fused-ring (bicyclic) bond motifs is 1. The number of pyridine rings is 1. The fourth-order valence-electron chi connectivity index (χ4n) is 3.24. The molecule has 0 fully saturated rings. The second-order valence-electron chi connectivity index (χ2n) is 7.02. The topological polar surface area (TPSA) is 83.4 Å². The highest BCUT2D eigenvalue weighted by Crippen LogP contribution is 2.22. The van der Waals surface area contributed by atoms with E-state index in [9.17, 15) is 17.6 Å². The van der Waals surface area contributed by atoms with E-state index < -0.39 is 15.8 Å². The Morgan fingerprint density at radius 3 is 2.50 bits per heavy atom. The molecule has 4 aromatic rings. The Balaban J connectivity index is 1.77. The van der Waals surface area contributed by atoms with Crippen LogP contribution in [0.4, 0.5) is 4.39 Å². The number of H-pyrrole nitrogens is 1. The quantitative estimate of drug-likeness (QED) is 0.506. The van der Waals surface area contributed by atoms with Gasteiger partial charge in [0.1, 0.15) is 11.6 Å². The van der Waals surface area contributed by atoms with E-state index in [4.69, 9.17) is 4.42 Å². The molecule has 0 amide bonds. The molecule has 0 aliphatic rings. The van der Waals surface area contributed by atoms with E-state index in [-0.39, 0.29) is 23.5 Å². The van der Waals surface area contributed by atoms with Gasteiger partial charge < -0.3 is 9.40 Å². The molecular formula is C22H19FN2O4S. The van der Waals surface area contributed by atoms with Crippen LogP contribution in [-0.4, -0.2) is 17.7 Å². The van der Waals surface area contributed by atoms with Crippen LogP contribution in [0.3, 0.4) is 0 Å². The SMILES string of the molecule is Cc1ccc2[nH]c(=O)c(CN(Cc3ccco3)S(=O)(=O)c3ccc(F)cc3)cc2c1. The maximum atomic E-state index is 13.3. The molecule has 0 atom stereocenters. The summed E-state index contributed by atoms with van der Waals surface area (Å²) in [6, 6.07) is 15.2. The molecule has 0 aliphatic heterocycles. The van der Waals surface area contributed by atoms with Crippen LogP contribution in [0.25, 0.3) is 10.9 Å². The average Bonchev–Trinajstić information content (AvgIpc) is 3.22. The number of hydrogen-bond donors (Lipinski definition) is 1. The van der Waals surface area contributed by atoms with E-state index in [1.165, 1.54) is 18.4 Å². The third kappa shape index (κ3) is 4.05. The first-order valence-corrected chi connectivity index (χ1v) is 10.7. The summed E-state index contributed by atoms with van der Waals surface area (Å²) in [6.07, 6.45) is 1.45. The molecule has 2 aromatic heterocycles. The van der Waals surface area contributed by atoms with Gasteiger partial charge in [0.05, 0.1) is 17.7 Å². The molecule has 4 rings (SSSR count). The second-order valence-corrected chi connectivity index (χ2v) is 8.96. The summed E-state index contributed by atoms with van der Waals surface area (Å²) < 4.78 is 46.3. The van der Waals surface area contributed by atoms with Crippen molar-refractivity contribution < 1.29 is 17.2 Å². The number of hydrogen-bond acceptors (Lipinski definition) is 4. The minimum Gasteiger partial charge on any atom is -0.468 e. The molecule has 0 bridgehead atoms. The highest BCUT2D eigenvalue weighted by atomic mass is 32.2. The van der Waals surface area contributed by atoms with E-state index in [0.29, 0.717) is 16.8 Å². The maximum absolute atomic E-state index is 13.3. The van der Waals surface area contributed by atoms with Gasteiger partial charge >= 0.3 is 0 Å². The molecule has 0 saturated heterocycles. The summed E-state index contributed by atoms with van der Waals surface area (Å²) in [7, 11) is -4.02. The summed E-state index contributed by atoms with van der Waals surface area (Å²) >= 11 is 0. The molecule has 154 valence electrons. The minimum absolute atomic E-state index is 0.0662. The molecule has 0 saturated carbocycles. The van der Waals surface area contributed by atoms with Gasteiger partial charge in [-0.05, 0) is 66.9 Å². The monoisotopic (exact) mass is 426 g/mol. The van der Waals surface area contributed by atoms with Crippen molar-refractivity contribution >= 4 is 20.9 Å². The zero-order chi connectivity index (χ0) is 21.3. The lowest BCUT2D eigenvalue weighted by Crippen LogP contribution is -2.32. The predicted molar refractivity (Wildman–Crippen MR) is 111 cm³/mol. The Hall–Kier alpha value is -3.23. The van der Waals surface area contributed by atoms with Crippen molar-refractivity contribution in [3.8, 4) is 0 Å². The zero-order valence-corrected chi connectivity index (χ0v) is 16.9. The third-order valence-corrected chi connectivity index (χ3v) is 6.59. The Labute approximate surface area is 172 Å². The fourth-order valence-corrected chi connectivity index (χ4v) is 4.62. The van der Waals surface area contributed by atoms with Gasteiger partial charge in [0.15, 0.2) is 0 Å². The molecule has 8 heteroatoms. The maximum Gasteiger partial charge on any atom is 0.252 e.